The summed E-state index contributed by atoms with van der Waals surface area (Å²) in [5.41, 5.74) is -0.600. The zero-order chi connectivity index (χ0) is 13.8. The van der Waals surface area contributed by atoms with Crippen LogP contribution in [0.25, 0.3) is 0 Å². The second kappa shape index (κ2) is 5.70. The second-order valence-corrected chi connectivity index (χ2v) is 3.47. The van der Waals surface area contributed by atoms with Crippen LogP contribution >= 0.6 is 0 Å². The number of aromatic nitrogens is 1. The van der Waals surface area contributed by atoms with Gasteiger partial charge in [0.05, 0.1) is 14.2 Å². The normalized spacial score (nSPS) is 11.2. The van der Waals surface area contributed by atoms with E-state index in [-0.39, 0.29) is 18.6 Å². The summed E-state index contributed by atoms with van der Waals surface area (Å²) in [6.45, 7) is 0. The summed E-state index contributed by atoms with van der Waals surface area (Å²) < 4.78 is 46.6. The number of ether oxygens (including phenoxy) is 2. The Hall–Kier alpha value is -1.79. The van der Waals surface area contributed by atoms with Gasteiger partial charge in [-0.3, -0.25) is 4.79 Å². The van der Waals surface area contributed by atoms with Crippen molar-refractivity contribution in [3.8, 4) is 5.75 Å². The van der Waals surface area contributed by atoms with Crippen LogP contribution < -0.4 is 4.74 Å². The van der Waals surface area contributed by atoms with Gasteiger partial charge in [0.1, 0.15) is 5.75 Å². The molecule has 0 bridgehead atoms. The molecule has 0 radical (unpaired) electrons. The van der Waals surface area contributed by atoms with Gasteiger partial charge in [0.2, 0.25) is 0 Å². The lowest BCUT2D eigenvalue weighted by Crippen LogP contribution is -2.11. The van der Waals surface area contributed by atoms with Gasteiger partial charge in [0.25, 0.3) is 0 Å². The highest BCUT2D eigenvalue weighted by Gasteiger charge is 2.36. The molecule has 0 spiro atoms. The Kier molecular flexibility index (Phi) is 4.52. The van der Waals surface area contributed by atoms with Crippen molar-refractivity contribution in [2.45, 2.75) is 19.0 Å². The minimum absolute atomic E-state index is 0.0761. The summed E-state index contributed by atoms with van der Waals surface area (Å²) in [7, 11) is 2.38. The molecule has 0 N–H and O–H groups in total. The van der Waals surface area contributed by atoms with Crippen molar-refractivity contribution >= 4 is 5.97 Å². The number of rotatable bonds is 4. The molecule has 0 atom stereocenters. The summed E-state index contributed by atoms with van der Waals surface area (Å²) in [4.78, 5) is 14.2. The number of hydrogen-bond donors (Lipinski definition) is 0. The van der Waals surface area contributed by atoms with E-state index in [1.165, 1.54) is 13.2 Å². The Morgan fingerprint density at radius 2 is 2.06 bits per heavy atom. The van der Waals surface area contributed by atoms with Crippen LogP contribution in [0.4, 0.5) is 13.2 Å². The van der Waals surface area contributed by atoms with Crippen molar-refractivity contribution < 1.29 is 27.4 Å². The molecule has 0 amide bonds. The third-order valence-electron chi connectivity index (χ3n) is 2.24. The molecule has 7 heteroatoms. The first kappa shape index (κ1) is 14.3. The van der Waals surface area contributed by atoms with Gasteiger partial charge in [-0.15, -0.1) is 0 Å². The molecule has 1 rings (SSSR count). The summed E-state index contributed by atoms with van der Waals surface area (Å²) in [6.07, 6.45) is -3.17. The van der Waals surface area contributed by atoms with Gasteiger partial charge in [-0.1, -0.05) is 0 Å². The Morgan fingerprint density at radius 1 is 1.39 bits per heavy atom. The van der Waals surface area contributed by atoms with Crippen LogP contribution in [0.3, 0.4) is 0 Å². The molecule has 100 valence electrons. The van der Waals surface area contributed by atoms with Crippen LogP contribution in [0.2, 0.25) is 0 Å². The first-order chi connectivity index (χ1) is 8.38. The third kappa shape index (κ3) is 3.61. The lowest BCUT2D eigenvalue weighted by molar-refractivity contribution is -0.142. The van der Waals surface area contributed by atoms with E-state index in [2.05, 4.69) is 14.5 Å². The Bertz CT molecular complexity index is 432. The fourth-order valence-corrected chi connectivity index (χ4v) is 1.34. The monoisotopic (exact) mass is 263 g/mol. The average molecular weight is 263 g/mol. The van der Waals surface area contributed by atoms with Crippen molar-refractivity contribution in [2.75, 3.05) is 14.2 Å². The van der Waals surface area contributed by atoms with E-state index in [4.69, 9.17) is 0 Å². The van der Waals surface area contributed by atoms with Gasteiger partial charge in [0.15, 0.2) is 5.69 Å². The molecule has 0 fully saturated rings. The molecule has 0 saturated heterocycles. The van der Waals surface area contributed by atoms with Crippen LogP contribution in [0.1, 0.15) is 17.7 Å². The summed E-state index contributed by atoms with van der Waals surface area (Å²) in [6, 6.07) is 1.22. The highest BCUT2D eigenvalue weighted by atomic mass is 19.4. The molecule has 1 heterocycles. The molecule has 1 aromatic rings. The van der Waals surface area contributed by atoms with E-state index in [1.807, 2.05) is 0 Å². The lowest BCUT2D eigenvalue weighted by Gasteiger charge is -2.11. The minimum atomic E-state index is -4.56. The number of aryl methyl sites for hydroxylation is 1. The highest BCUT2D eigenvalue weighted by molar-refractivity contribution is 5.69. The number of carbonyl (C=O) groups is 1. The summed E-state index contributed by atoms with van der Waals surface area (Å²) in [5.74, 6) is -0.793. The first-order valence-electron chi connectivity index (χ1n) is 5.05. The van der Waals surface area contributed by atoms with Gasteiger partial charge in [-0.2, -0.15) is 13.2 Å². The van der Waals surface area contributed by atoms with Gasteiger partial charge in [-0.05, 0) is 18.1 Å². The maximum atomic E-state index is 12.5. The minimum Gasteiger partial charge on any atom is -0.494 e. The number of nitrogens with zero attached hydrogens (tertiary/aromatic N) is 1. The number of esters is 1. The molecule has 0 unspecified atom stereocenters. The third-order valence-corrected chi connectivity index (χ3v) is 2.24. The van der Waals surface area contributed by atoms with E-state index in [0.29, 0.717) is 5.56 Å². The maximum absolute atomic E-state index is 12.5. The molecule has 18 heavy (non-hydrogen) atoms. The van der Waals surface area contributed by atoms with Crippen molar-refractivity contribution in [3.63, 3.8) is 0 Å². The maximum Gasteiger partial charge on any atom is 0.437 e. The van der Waals surface area contributed by atoms with Gasteiger partial charge in [0, 0.05) is 12.6 Å². The smallest absolute Gasteiger partial charge is 0.437 e. The molecule has 0 aliphatic rings. The number of alkyl halides is 3. The van der Waals surface area contributed by atoms with E-state index in [1.54, 1.807) is 0 Å². The molecule has 1 aromatic heterocycles. The predicted octanol–water partition coefficient (Wildman–Crippen LogP) is 2.21. The Balaban J connectivity index is 2.89. The largest absolute Gasteiger partial charge is 0.494 e. The van der Waals surface area contributed by atoms with Crippen molar-refractivity contribution in [1.29, 1.82) is 0 Å². The average Bonchev–Trinajstić information content (AvgIpc) is 2.34. The molecule has 4 nitrogen and oxygen atoms in total. The standard InChI is InChI=1S/C11H12F3NO3/c1-17-8-5-7(3-4-9(16)18-2)6-15-10(8)11(12,13)14/h5-6H,3-4H2,1-2H3. The predicted molar refractivity (Wildman–Crippen MR) is 56.1 cm³/mol. The summed E-state index contributed by atoms with van der Waals surface area (Å²) in [5, 5.41) is 0. The fourth-order valence-electron chi connectivity index (χ4n) is 1.34. The molecular formula is C11H12F3NO3. The van der Waals surface area contributed by atoms with E-state index in [9.17, 15) is 18.0 Å². The van der Waals surface area contributed by atoms with Crippen LogP contribution in [0.15, 0.2) is 12.3 Å². The first-order valence-corrected chi connectivity index (χ1v) is 5.05. The Morgan fingerprint density at radius 3 is 2.56 bits per heavy atom. The van der Waals surface area contributed by atoms with Crippen LogP contribution in [0, 0.1) is 0 Å². The zero-order valence-corrected chi connectivity index (χ0v) is 9.87. The lowest BCUT2D eigenvalue weighted by atomic mass is 10.1. The zero-order valence-electron chi connectivity index (χ0n) is 9.87. The highest BCUT2D eigenvalue weighted by Crippen LogP contribution is 2.34. The SMILES string of the molecule is COC(=O)CCc1cnc(C(F)(F)F)c(OC)c1. The molecule has 0 aromatic carbocycles. The van der Waals surface area contributed by atoms with Crippen LogP contribution in [0.5, 0.6) is 5.75 Å². The van der Waals surface area contributed by atoms with Crippen molar-refractivity contribution in [1.82, 2.24) is 4.98 Å². The number of carbonyl (C=O) groups excluding carboxylic acids is 1. The van der Waals surface area contributed by atoms with E-state index >= 15 is 0 Å². The van der Waals surface area contributed by atoms with Crippen molar-refractivity contribution in [2.24, 2.45) is 0 Å². The number of pyridine rings is 1. The van der Waals surface area contributed by atoms with E-state index < -0.39 is 17.8 Å². The van der Waals surface area contributed by atoms with Gasteiger partial charge < -0.3 is 9.47 Å². The summed E-state index contributed by atoms with van der Waals surface area (Å²) >= 11 is 0. The van der Waals surface area contributed by atoms with E-state index in [0.717, 1.165) is 13.3 Å². The number of halogens is 3. The molecule has 0 aliphatic carbocycles. The van der Waals surface area contributed by atoms with Crippen molar-refractivity contribution in [3.05, 3.63) is 23.5 Å². The van der Waals surface area contributed by atoms with Crippen LogP contribution in [-0.2, 0) is 22.1 Å². The number of methoxy groups -OCH3 is 2. The second-order valence-electron chi connectivity index (χ2n) is 3.47. The molecule has 0 saturated carbocycles. The topological polar surface area (TPSA) is 48.4 Å². The van der Waals surface area contributed by atoms with Gasteiger partial charge in [-0.25, -0.2) is 4.98 Å². The molecule has 0 aliphatic heterocycles. The van der Waals surface area contributed by atoms with Gasteiger partial charge >= 0.3 is 12.1 Å². The molecular weight excluding hydrogens is 251 g/mol. The number of hydrogen-bond acceptors (Lipinski definition) is 4. The quantitative estimate of drug-likeness (QED) is 0.781. The fraction of sp³-hybridized carbons (Fsp3) is 0.455. The van der Waals surface area contributed by atoms with Crippen LogP contribution in [-0.4, -0.2) is 25.2 Å². The Labute approximate surface area is 102 Å².